The van der Waals surface area contributed by atoms with Crippen LogP contribution < -0.4 is 0 Å². The average molecular weight is 323 g/mol. The van der Waals surface area contributed by atoms with Gasteiger partial charge in [0.25, 0.3) is 5.91 Å². The highest BCUT2D eigenvalue weighted by atomic mass is 16.2. The van der Waals surface area contributed by atoms with Crippen LogP contribution in [0.25, 0.3) is 0 Å². The van der Waals surface area contributed by atoms with Crippen molar-refractivity contribution in [2.45, 2.75) is 13.5 Å². The topological polar surface area (TPSA) is 65.2 Å². The number of carbonyl (C=O) groups is 1. The molecule has 2 heterocycles. The summed E-state index contributed by atoms with van der Waals surface area (Å²) in [6, 6.07) is 11.5. The zero-order chi connectivity index (χ0) is 17.1. The number of rotatable bonds is 3. The van der Waals surface area contributed by atoms with Gasteiger partial charge in [0, 0.05) is 37.4 Å². The zero-order valence-electron chi connectivity index (χ0n) is 14.1. The van der Waals surface area contributed by atoms with E-state index in [2.05, 4.69) is 23.1 Å². The van der Waals surface area contributed by atoms with Gasteiger partial charge in [-0.2, -0.15) is 10.4 Å². The molecule has 1 aromatic carbocycles. The van der Waals surface area contributed by atoms with Gasteiger partial charge in [-0.1, -0.05) is 12.1 Å². The van der Waals surface area contributed by atoms with Crippen LogP contribution in [-0.4, -0.2) is 58.7 Å². The second-order valence-electron chi connectivity index (χ2n) is 6.24. The molecule has 1 aliphatic heterocycles. The monoisotopic (exact) mass is 323 g/mol. The lowest BCUT2D eigenvalue weighted by Gasteiger charge is -2.32. The number of carbonyl (C=O) groups excluding carboxylic acids is 1. The molecule has 1 aliphatic rings. The summed E-state index contributed by atoms with van der Waals surface area (Å²) in [6.45, 7) is 5.83. The molecule has 6 nitrogen and oxygen atoms in total. The standard InChI is InChI=1S/C18H21N5O/c1-14-10-17(12-19)20-23(14)13-15-4-3-5-16(11-15)18(24)22-8-6-21(2)7-9-22/h3-5,10-11H,6-9,13H2,1-2H3. The largest absolute Gasteiger partial charge is 0.336 e. The van der Waals surface area contributed by atoms with E-state index in [-0.39, 0.29) is 5.91 Å². The summed E-state index contributed by atoms with van der Waals surface area (Å²) in [5, 5.41) is 13.2. The van der Waals surface area contributed by atoms with Gasteiger partial charge in [0.2, 0.25) is 0 Å². The molecule has 24 heavy (non-hydrogen) atoms. The molecular weight excluding hydrogens is 302 g/mol. The summed E-state index contributed by atoms with van der Waals surface area (Å²) < 4.78 is 1.79. The molecule has 1 amide bonds. The van der Waals surface area contributed by atoms with Crippen molar-refractivity contribution in [1.82, 2.24) is 19.6 Å². The Kier molecular flexibility index (Phi) is 4.63. The molecule has 1 aromatic heterocycles. The first kappa shape index (κ1) is 16.2. The van der Waals surface area contributed by atoms with Crippen LogP contribution in [0.3, 0.4) is 0 Å². The number of nitriles is 1. The first-order valence-corrected chi connectivity index (χ1v) is 8.08. The quantitative estimate of drug-likeness (QED) is 0.858. The molecule has 6 heteroatoms. The van der Waals surface area contributed by atoms with Crippen LogP contribution in [0.2, 0.25) is 0 Å². The Balaban J connectivity index is 1.75. The van der Waals surface area contributed by atoms with E-state index in [9.17, 15) is 4.79 Å². The molecule has 0 aliphatic carbocycles. The van der Waals surface area contributed by atoms with Crippen LogP contribution in [0.15, 0.2) is 30.3 Å². The van der Waals surface area contributed by atoms with E-state index in [4.69, 9.17) is 5.26 Å². The minimum Gasteiger partial charge on any atom is -0.336 e. The minimum atomic E-state index is 0.0832. The van der Waals surface area contributed by atoms with E-state index in [1.807, 2.05) is 36.1 Å². The SMILES string of the molecule is Cc1cc(C#N)nn1Cc1cccc(C(=O)N2CCN(C)CC2)c1. The molecule has 0 radical (unpaired) electrons. The lowest BCUT2D eigenvalue weighted by Crippen LogP contribution is -2.47. The Morgan fingerprint density at radius 2 is 2.00 bits per heavy atom. The third-order valence-corrected chi connectivity index (χ3v) is 4.39. The number of hydrogen-bond acceptors (Lipinski definition) is 4. The van der Waals surface area contributed by atoms with Crippen LogP contribution >= 0.6 is 0 Å². The summed E-state index contributed by atoms with van der Waals surface area (Å²) in [7, 11) is 2.07. The second kappa shape index (κ2) is 6.85. The number of piperazine rings is 1. The van der Waals surface area contributed by atoms with Crippen molar-refractivity contribution in [2.75, 3.05) is 33.2 Å². The van der Waals surface area contributed by atoms with Crippen molar-refractivity contribution in [3.05, 3.63) is 52.8 Å². The zero-order valence-corrected chi connectivity index (χ0v) is 14.1. The van der Waals surface area contributed by atoms with Gasteiger partial charge in [-0.05, 0) is 37.7 Å². The van der Waals surface area contributed by atoms with Crippen molar-refractivity contribution in [3.8, 4) is 6.07 Å². The highest BCUT2D eigenvalue weighted by Gasteiger charge is 2.20. The summed E-state index contributed by atoms with van der Waals surface area (Å²) >= 11 is 0. The Morgan fingerprint density at radius 3 is 2.67 bits per heavy atom. The lowest BCUT2D eigenvalue weighted by atomic mass is 10.1. The first-order chi connectivity index (χ1) is 11.6. The molecule has 1 saturated heterocycles. The van der Waals surface area contributed by atoms with Gasteiger partial charge in [-0.3, -0.25) is 9.48 Å². The van der Waals surface area contributed by atoms with E-state index < -0.39 is 0 Å². The molecule has 0 spiro atoms. The highest BCUT2D eigenvalue weighted by Crippen LogP contribution is 2.13. The van der Waals surface area contributed by atoms with Crippen LogP contribution in [-0.2, 0) is 6.54 Å². The van der Waals surface area contributed by atoms with E-state index in [1.165, 1.54) is 0 Å². The predicted molar refractivity (Wildman–Crippen MR) is 90.6 cm³/mol. The summed E-state index contributed by atoms with van der Waals surface area (Å²) in [6.07, 6.45) is 0. The van der Waals surface area contributed by atoms with Crippen molar-refractivity contribution < 1.29 is 4.79 Å². The van der Waals surface area contributed by atoms with E-state index >= 15 is 0 Å². The molecule has 0 saturated carbocycles. The van der Waals surface area contributed by atoms with Gasteiger partial charge in [-0.15, -0.1) is 0 Å². The smallest absolute Gasteiger partial charge is 0.253 e. The van der Waals surface area contributed by atoms with Gasteiger partial charge in [0.15, 0.2) is 5.69 Å². The Hall–Kier alpha value is -2.65. The maximum Gasteiger partial charge on any atom is 0.253 e. The number of aromatic nitrogens is 2. The number of nitrogens with zero attached hydrogens (tertiary/aromatic N) is 5. The molecule has 0 unspecified atom stereocenters. The Labute approximate surface area is 141 Å². The Bertz CT molecular complexity index is 781. The lowest BCUT2D eigenvalue weighted by molar-refractivity contribution is 0.0664. The van der Waals surface area contributed by atoms with Crippen molar-refractivity contribution in [3.63, 3.8) is 0 Å². The fraction of sp³-hybridized carbons (Fsp3) is 0.389. The molecule has 0 bridgehead atoms. The van der Waals surface area contributed by atoms with E-state index in [0.717, 1.165) is 37.4 Å². The van der Waals surface area contributed by atoms with Crippen LogP contribution in [0.4, 0.5) is 0 Å². The van der Waals surface area contributed by atoms with Crippen molar-refractivity contribution in [1.29, 1.82) is 5.26 Å². The third kappa shape index (κ3) is 3.47. The van der Waals surface area contributed by atoms with Gasteiger partial charge >= 0.3 is 0 Å². The Morgan fingerprint density at radius 1 is 1.25 bits per heavy atom. The maximum atomic E-state index is 12.7. The van der Waals surface area contributed by atoms with Crippen molar-refractivity contribution >= 4 is 5.91 Å². The van der Waals surface area contributed by atoms with E-state index in [1.54, 1.807) is 10.7 Å². The maximum absolute atomic E-state index is 12.7. The molecule has 124 valence electrons. The molecule has 0 atom stereocenters. The fourth-order valence-corrected chi connectivity index (χ4v) is 2.89. The number of likely N-dealkylation sites (N-methyl/N-ethyl adjacent to an activating group) is 1. The second-order valence-corrected chi connectivity index (χ2v) is 6.24. The molecular formula is C18H21N5O. The average Bonchev–Trinajstić information content (AvgIpc) is 2.95. The van der Waals surface area contributed by atoms with Gasteiger partial charge in [-0.25, -0.2) is 0 Å². The van der Waals surface area contributed by atoms with Gasteiger partial charge < -0.3 is 9.80 Å². The van der Waals surface area contributed by atoms with Crippen molar-refractivity contribution in [2.24, 2.45) is 0 Å². The summed E-state index contributed by atoms with van der Waals surface area (Å²) in [5.74, 6) is 0.0832. The molecule has 3 rings (SSSR count). The molecule has 1 fully saturated rings. The highest BCUT2D eigenvalue weighted by molar-refractivity contribution is 5.94. The predicted octanol–water partition coefficient (Wildman–Crippen LogP) is 1.50. The number of benzene rings is 1. The number of amides is 1. The molecule has 0 N–H and O–H groups in total. The number of aryl methyl sites for hydroxylation is 1. The van der Waals surface area contributed by atoms with Gasteiger partial charge in [0.05, 0.1) is 6.54 Å². The summed E-state index contributed by atoms with van der Waals surface area (Å²) in [5.41, 5.74) is 3.06. The minimum absolute atomic E-state index is 0.0832. The fourth-order valence-electron chi connectivity index (χ4n) is 2.89. The van der Waals surface area contributed by atoms with E-state index in [0.29, 0.717) is 17.8 Å². The summed E-state index contributed by atoms with van der Waals surface area (Å²) in [4.78, 5) is 16.8. The normalized spacial score (nSPS) is 15.3. The van der Waals surface area contributed by atoms with Crippen LogP contribution in [0, 0.1) is 18.3 Å². The van der Waals surface area contributed by atoms with Crippen LogP contribution in [0.1, 0.15) is 27.3 Å². The first-order valence-electron chi connectivity index (χ1n) is 8.08. The molecule has 2 aromatic rings. The van der Waals surface area contributed by atoms with Crippen LogP contribution in [0.5, 0.6) is 0 Å². The van der Waals surface area contributed by atoms with Gasteiger partial charge in [0.1, 0.15) is 6.07 Å². The third-order valence-electron chi connectivity index (χ3n) is 4.39. The number of hydrogen-bond donors (Lipinski definition) is 0.